The minimum absolute atomic E-state index is 0.119. The number of hydrogen-bond donors (Lipinski definition) is 2. The number of aromatic nitrogens is 3. The molecule has 0 aliphatic rings. The molecule has 4 aromatic rings. The van der Waals surface area contributed by atoms with Crippen molar-refractivity contribution >= 4 is 23.2 Å². The first-order valence-electron chi connectivity index (χ1n) is 8.34. The zero-order chi connectivity index (χ0) is 18.8. The van der Waals surface area contributed by atoms with Crippen molar-refractivity contribution in [2.24, 2.45) is 0 Å². The Balaban J connectivity index is 1.58. The molecule has 6 nitrogen and oxygen atoms in total. The number of fused-ring (bicyclic) bond motifs is 1. The van der Waals surface area contributed by atoms with E-state index in [1.165, 1.54) is 12.1 Å². The fourth-order valence-corrected chi connectivity index (χ4v) is 2.87. The summed E-state index contributed by atoms with van der Waals surface area (Å²) in [6, 6.07) is 14.6. The second kappa shape index (κ2) is 6.87. The maximum absolute atomic E-state index is 13.7. The third-order valence-electron chi connectivity index (χ3n) is 4.16. The normalized spacial score (nSPS) is 10.7. The van der Waals surface area contributed by atoms with Crippen molar-refractivity contribution in [1.82, 2.24) is 14.4 Å². The van der Waals surface area contributed by atoms with Crippen LogP contribution in [0.1, 0.15) is 5.69 Å². The Labute approximate surface area is 154 Å². The van der Waals surface area contributed by atoms with E-state index in [9.17, 15) is 9.18 Å². The van der Waals surface area contributed by atoms with Crippen molar-refractivity contribution in [3.63, 3.8) is 0 Å². The van der Waals surface area contributed by atoms with Gasteiger partial charge in [0.15, 0.2) is 0 Å². The number of carbonyl (C=O) groups is 1. The Hall–Kier alpha value is -3.74. The molecular weight excluding hydrogens is 345 g/mol. The first-order chi connectivity index (χ1) is 13.1. The van der Waals surface area contributed by atoms with E-state index in [-0.39, 0.29) is 5.69 Å². The van der Waals surface area contributed by atoms with Crippen LogP contribution in [-0.2, 0) is 0 Å². The minimum Gasteiger partial charge on any atom is -0.308 e. The van der Waals surface area contributed by atoms with Gasteiger partial charge in [-0.15, -0.1) is 0 Å². The quantitative estimate of drug-likeness (QED) is 0.565. The van der Waals surface area contributed by atoms with E-state index in [4.69, 9.17) is 0 Å². The number of anilines is 2. The molecule has 0 saturated heterocycles. The molecule has 2 heterocycles. The number of nitrogens with zero attached hydrogens (tertiary/aromatic N) is 3. The highest BCUT2D eigenvalue weighted by molar-refractivity contribution is 6.00. The molecule has 0 saturated carbocycles. The van der Waals surface area contributed by atoms with Crippen LogP contribution in [-0.4, -0.2) is 20.4 Å². The highest BCUT2D eigenvalue weighted by atomic mass is 19.1. The van der Waals surface area contributed by atoms with Crippen LogP contribution in [0.3, 0.4) is 0 Å². The molecule has 134 valence electrons. The largest absolute Gasteiger partial charge is 0.323 e. The lowest BCUT2D eigenvalue weighted by atomic mass is 10.1. The molecule has 0 bridgehead atoms. The van der Waals surface area contributed by atoms with Crippen LogP contribution >= 0.6 is 0 Å². The van der Waals surface area contributed by atoms with Gasteiger partial charge in [-0.25, -0.2) is 19.2 Å². The van der Waals surface area contributed by atoms with Crippen molar-refractivity contribution in [1.29, 1.82) is 0 Å². The number of hydrogen-bond acceptors (Lipinski definition) is 3. The van der Waals surface area contributed by atoms with Gasteiger partial charge in [-0.05, 0) is 37.3 Å². The summed E-state index contributed by atoms with van der Waals surface area (Å²) in [5.74, 6) is 0.120. The third-order valence-corrected chi connectivity index (χ3v) is 4.16. The van der Waals surface area contributed by atoms with Gasteiger partial charge in [-0.2, -0.15) is 0 Å². The van der Waals surface area contributed by atoms with Crippen LogP contribution in [0.25, 0.3) is 17.0 Å². The number of halogens is 1. The third kappa shape index (κ3) is 3.35. The van der Waals surface area contributed by atoms with Crippen LogP contribution < -0.4 is 10.6 Å². The van der Waals surface area contributed by atoms with Gasteiger partial charge in [-0.1, -0.05) is 24.3 Å². The standard InChI is InChI=1S/C20H16FN5O/c1-13-18(25-19-22-10-5-11-26(13)19)14-6-4-7-15(12-14)23-20(27)24-17-9-3-2-8-16(17)21/h2-12H,1H3,(H2,23,24,27). The van der Waals surface area contributed by atoms with Gasteiger partial charge in [0, 0.05) is 29.3 Å². The Kier molecular flexibility index (Phi) is 4.25. The first-order valence-corrected chi connectivity index (χ1v) is 8.34. The van der Waals surface area contributed by atoms with Crippen LogP contribution in [0, 0.1) is 12.7 Å². The summed E-state index contributed by atoms with van der Waals surface area (Å²) in [4.78, 5) is 21.0. The number of benzene rings is 2. The highest BCUT2D eigenvalue weighted by Gasteiger charge is 2.12. The van der Waals surface area contributed by atoms with Gasteiger partial charge in [0.25, 0.3) is 0 Å². The summed E-state index contributed by atoms with van der Waals surface area (Å²) in [6.45, 7) is 1.96. The predicted octanol–water partition coefficient (Wildman–Crippen LogP) is 4.49. The van der Waals surface area contributed by atoms with E-state index in [1.807, 2.05) is 41.8 Å². The molecular formula is C20H16FN5O. The second-order valence-electron chi connectivity index (χ2n) is 5.98. The number of amides is 2. The molecule has 0 radical (unpaired) electrons. The van der Waals surface area contributed by atoms with Crippen LogP contribution in [0.15, 0.2) is 67.0 Å². The van der Waals surface area contributed by atoms with Crippen molar-refractivity contribution in [2.75, 3.05) is 10.6 Å². The van der Waals surface area contributed by atoms with Gasteiger partial charge in [0.2, 0.25) is 5.78 Å². The number of carbonyl (C=O) groups excluding carboxylic acids is 1. The van der Waals surface area contributed by atoms with E-state index in [0.717, 1.165) is 17.0 Å². The van der Waals surface area contributed by atoms with E-state index in [2.05, 4.69) is 20.6 Å². The number of aryl methyl sites for hydroxylation is 1. The van der Waals surface area contributed by atoms with E-state index in [0.29, 0.717) is 11.5 Å². The molecule has 0 atom stereocenters. The van der Waals surface area contributed by atoms with Gasteiger partial charge in [0.05, 0.1) is 11.4 Å². The molecule has 0 unspecified atom stereocenters. The topological polar surface area (TPSA) is 71.3 Å². The van der Waals surface area contributed by atoms with Crippen molar-refractivity contribution in [3.8, 4) is 11.3 Å². The molecule has 4 rings (SSSR count). The number of urea groups is 1. The Morgan fingerprint density at radius 2 is 1.93 bits per heavy atom. The number of imidazole rings is 1. The smallest absolute Gasteiger partial charge is 0.308 e. The van der Waals surface area contributed by atoms with Crippen molar-refractivity contribution < 1.29 is 9.18 Å². The fourth-order valence-electron chi connectivity index (χ4n) is 2.87. The molecule has 2 amide bonds. The number of para-hydroxylation sites is 1. The number of rotatable bonds is 3. The Bertz CT molecular complexity index is 1140. The maximum atomic E-state index is 13.7. The molecule has 0 fully saturated rings. The highest BCUT2D eigenvalue weighted by Crippen LogP contribution is 2.25. The summed E-state index contributed by atoms with van der Waals surface area (Å²) in [6.07, 6.45) is 3.59. The van der Waals surface area contributed by atoms with E-state index >= 15 is 0 Å². The molecule has 0 spiro atoms. The van der Waals surface area contributed by atoms with E-state index in [1.54, 1.807) is 24.4 Å². The molecule has 27 heavy (non-hydrogen) atoms. The van der Waals surface area contributed by atoms with Crippen molar-refractivity contribution in [3.05, 3.63) is 78.5 Å². The zero-order valence-corrected chi connectivity index (χ0v) is 14.5. The van der Waals surface area contributed by atoms with Gasteiger partial charge < -0.3 is 10.6 Å². The SMILES string of the molecule is Cc1c(-c2cccc(NC(=O)Nc3ccccc3F)c2)nc2ncccn12. The summed E-state index contributed by atoms with van der Waals surface area (Å²) >= 11 is 0. The molecule has 0 aliphatic carbocycles. The lowest BCUT2D eigenvalue weighted by Crippen LogP contribution is -2.20. The lowest BCUT2D eigenvalue weighted by molar-refractivity contribution is 0.262. The van der Waals surface area contributed by atoms with Gasteiger partial charge in [-0.3, -0.25) is 4.40 Å². The van der Waals surface area contributed by atoms with Crippen LogP contribution in [0.5, 0.6) is 0 Å². The molecule has 2 N–H and O–H groups in total. The fraction of sp³-hybridized carbons (Fsp3) is 0.0500. The summed E-state index contributed by atoms with van der Waals surface area (Å²) in [7, 11) is 0. The molecule has 2 aromatic heterocycles. The van der Waals surface area contributed by atoms with Crippen LogP contribution in [0.4, 0.5) is 20.6 Å². The van der Waals surface area contributed by atoms with Gasteiger partial charge in [0.1, 0.15) is 5.82 Å². The second-order valence-corrected chi connectivity index (χ2v) is 5.98. The Morgan fingerprint density at radius 1 is 1.07 bits per heavy atom. The monoisotopic (exact) mass is 361 g/mol. The van der Waals surface area contributed by atoms with Crippen LogP contribution in [0.2, 0.25) is 0 Å². The Morgan fingerprint density at radius 3 is 2.74 bits per heavy atom. The molecule has 0 aliphatic heterocycles. The lowest BCUT2D eigenvalue weighted by Gasteiger charge is -2.09. The van der Waals surface area contributed by atoms with E-state index < -0.39 is 11.8 Å². The molecule has 7 heteroatoms. The molecule has 2 aromatic carbocycles. The predicted molar refractivity (Wildman–Crippen MR) is 102 cm³/mol. The average molecular weight is 361 g/mol. The first kappa shape index (κ1) is 16.7. The number of nitrogens with one attached hydrogen (secondary N) is 2. The summed E-state index contributed by atoms with van der Waals surface area (Å²) < 4.78 is 15.6. The zero-order valence-electron chi connectivity index (χ0n) is 14.5. The summed E-state index contributed by atoms with van der Waals surface area (Å²) in [5, 5.41) is 5.21. The average Bonchev–Trinajstić information content (AvgIpc) is 3.01. The van der Waals surface area contributed by atoms with Gasteiger partial charge >= 0.3 is 6.03 Å². The van der Waals surface area contributed by atoms with Crippen molar-refractivity contribution in [2.45, 2.75) is 6.92 Å². The minimum atomic E-state index is -0.523. The maximum Gasteiger partial charge on any atom is 0.323 e. The summed E-state index contributed by atoms with van der Waals surface area (Å²) in [5.41, 5.74) is 3.28.